The van der Waals surface area contributed by atoms with E-state index in [1.54, 1.807) is 0 Å². The Morgan fingerprint density at radius 1 is 0.778 bits per heavy atom. The fourth-order valence-electron chi connectivity index (χ4n) is 3.03. The van der Waals surface area contributed by atoms with Gasteiger partial charge in [0.15, 0.2) is 12.2 Å². The van der Waals surface area contributed by atoms with E-state index in [2.05, 4.69) is 70.7 Å². The van der Waals surface area contributed by atoms with Crippen molar-refractivity contribution in [1.82, 2.24) is 4.57 Å². The highest BCUT2D eigenvalue weighted by molar-refractivity contribution is 9.11. The van der Waals surface area contributed by atoms with Gasteiger partial charge in [0.05, 0.1) is 4.47 Å². The Labute approximate surface area is 182 Å². The molecule has 0 radical (unpaired) electrons. The molecule has 4 aromatic rings. The number of imidazole rings is 1. The molecule has 2 aromatic carbocycles. The molecule has 3 nitrogen and oxygen atoms in total. The summed E-state index contributed by atoms with van der Waals surface area (Å²) < 4.78 is 7.06. The molecule has 0 atom stereocenters. The van der Waals surface area contributed by atoms with Gasteiger partial charge in [-0.15, -0.1) is 0 Å². The van der Waals surface area contributed by atoms with Crippen molar-refractivity contribution in [2.45, 2.75) is 6.54 Å². The van der Waals surface area contributed by atoms with E-state index < -0.39 is 0 Å². The SMILES string of the molecule is O=C(Cn1c(-c2ccc(Br)cc2)c[n+]2cc(Br)ccc12)c1ccc(Br)cc1. The van der Waals surface area contributed by atoms with Crippen LogP contribution in [0.15, 0.2) is 86.5 Å². The zero-order valence-electron chi connectivity index (χ0n) is 14.1. The summed E-state index contributed by atoms with van der Waals surface area (Å²) in [7, 11) is 0. The molecule has 4 rings (SSSR count). The molecule has 0 unspecified atom stereocenters. The Morgan fingerprint density at radius 3 is 2.04 bits per heavy atom. The van der Waals surface area contributed by atoms with Crippen molar-refractivity contribution >= 4 is 59.2 Å². The minimum atomic E-state index is 0.0712. The van der Waals surface area contributed by atoms with Crippen molar-refractivity contribution in [2.75, 3.05) is 0 Å². The number of hydrogen-bond acceptors (Lipinski definition) is 1. The van der Waals surface area contributed by atoms with Crippen LogP contribution < -0.4 is 4.40 Å². The van der Waals surface area contributed by atoms with Gasteiger partial charge in [0.2, 0.25) is 5.78 Å². The first-order chi connectivity index (χ1) is 13.0. The molecule has 2 heterocycles. The minimum Gasteiger partial charge on any atom is -0.290 e. The van der Waals surface area contributed by atoms with Crippen molar-refractivity contribution in [3.05, 3.63) is 92.0 Å². The summed E-state index contributed by atoms with van der Waals surface area (Å²) in [5.41, 5.74) is 3.71. The Morgan fingerprint density at radius 2 is 1.37 bits per heavy atom. The summed E-state index contributed by atoms with van der Waals surface area (Å²) in [6, 6.07) is 19.6. The second-order valence-electron chi connectivity index (χ2n) is 6.15. The largest absolute Gasteiger partial charge is 0.290 e. The maximum absolute atomic E-state index is 12.9. The molecule has 0 aliphatic heterocycles. The normalized spacial score (nSPS) is 11.1. The Kier molecular flexibility index (Phi) is 5.30. The first kappa shape index (κ1) is 18.6. The van der Waals surface area contributed by atoms with Gasteiger partial charge in [-0.25, -0.2) is 8.97 Å². The number of benzene rings is 2. The molecule has 2 aromatic heterocycles. The summed E-state index contributed by atoms with van der Waals surface area (Å²) in [4.78, 5) is 12.9. The van der Waals surface area contributed by atoms with E-state index >= 15 is 0 Å². The van der Waals surface area contributed by atoms with E-state index in [0.717, 1.165) is 30.3 Å². The first-order valence-electron chi connectivity index (χ1n) is 8.26. The number of hydrogen-bond donors (Lipinski definition) is 0. The molecule has 0 aliphatic carbocycles. The molecule has 6 heteroatoms. The lowest BCUT2D eigenvalue weighted by Crippen LogP contribution is -2.20. The lowest BCUT2D eigenvalue weighted by atomic mass is 10.1. The summed E-state index contributed by atoms with van der Waals surface area (Å²) in [6.07, 6.45) is 4.05. The van der Waals surface area contributed by atoms with Crippen LogP contribution in [0.3, 0.4) is 0 Å². The maximum Gasteiger partial charge on any atom is 0.287 e. The monoisotopic (exact) mass is 547 g/mol. The van der Waals surface area contributed by atoms with Crippen LogP contribution in [0.25, 0.3) is 16.9 Å². The fraction of sp³-hybridized carbons (Fsp3) is 0.0476. The summed E-state index contributed by atoms with van der Waals surface area (Å²) in [5, 5.41) is 0. The third kappa shape index (κ3) is 3.93. The minimum absolute atomic E-state index is 0.0712. The van der Waals surface area contributed by atoms with Crippen LogP contribution in [0.1, 0.15) is 10.4 Å². The van der Waals surface area contributed by atoms with E-state index in [9.17, 15) is 4.79 Å². The lowest BCUT2D eigenvalue weighted by molar-refractivity contribution is -0.511. The summed E-state index contributed by atoms with van der Waals surface area (Å²) in [6.45, 7) is 0.269. The van der Waals surface area contributed by atoms with Gasteiger partial charge in [0.25, 0.3) is 5.65 Å². The molecular weight excluding hydrogens is 536 g/mol. The average molecular weight is 550 g/mol. The second kappa shape index (κ2) is 7.70. The van der Waals surface area contributed by atoms with Crippen molar-refractivity contribution in [3.63, 3.8) is 0 Å². The molecule has 0 bridgehead atoms. The van der Waals surface area contributed by atoms with Crippen LogP contribution in [0.5, 0.6) is 0 Å². The van der Waals surface area contributed by atoms with Gasteiger partial charge in [0, 0.05) is 26.1 Å². The van der Waals surface area contributed by atoms with Gasteiger partial charge in [-0.3, -0.25) is 4.79 Å². The highest BCUT2D eigenvalue weighted by atomic mass is 79.9. The van der Waals surface area contributed by atoms with Gasteiger partial charge < -0.3 is 0 Å². The molecule has 0 spiro atoms. The predicted octanol–water partition coefficient (Wildman–Crippen LogP) is 6.06. The van der Waals surface area contributed by atoms with Gasteiger partial charge in [0.1, 0.15) is 12.4 Å². The van der Waals surface area contributed by atoms with Crippen molar-refractivity contribution < 1.29 is 9.20 Å². The smallest absolute Gasteiger partial charge is 0.287 e. The van der Waals surface area contributed by atoms with Crippen molar-refractivity contribution in [1.29, 1.82) is 0 Å². The van der Waals surface area contributed by atoms with Gasteiger partial charge in [-0.2, -0.15) is 0 Å². The number of halogens is 3. The van der Waals surface area contributed by atoms with Crippen LogP contribution in [-0.2, 0) is 6.54 Å². The Hall–Kier alpha value is -1.76. The van der Waals surface area contributed by atoms with Crippen LogP contribution >= 0.6 is 47.8 Å². The lowest BCUT2D eigenvalue weighted by Gasteiger charge is -2.04. The molecular formula is C21H14Br3N2O+. The van der Waals surface area contributed by atoms with Crippen LogP contribution in [0.4, 0.5) is 0 Å². The van der Waals surface area contributed by atoms with Gasteiger partial charge in [-0.1, -0.05) is 44.0 Å². The number of carbonyl (C=O) groups is 1. The average Bonchev–Trinajstić information content (AvgIpc) is 3.00. The molecule has 0 aliphatic rings. The number of pyridine rings is 1. The van der Waals surface area contributed by atoms with E-state index in [1.807, 2.05) is 59.1 Å². The number of nitrogens with zero attached hydrogens (tertiary/aromatic N) is 2. The predicted molar refractivity (Wildman–Crippen MR) is 117 cm³/mol. The molecule has 27 heavy (non-hydrogen) atoms. The fourth-order valence-corrected chi connectivity index (χ4v) is 3.91. The molecule has 0 fully saturated rings. The highest BCUT2D eigenvalue weighted by Gasteiger charge is 2.22. The van der Waals surface area contributed by atoms with Crippen molar-refractivity contribution in [2.24, 2.45) is 0 Å². The topological polar surface area (TPSA) is 26.1 Å². The zero-order chi connectivity index (χ0) is 19.0. The van der Waals surface area contributed by atoms with E-state index in [4.69, 9.17) is 0 Å². The Bertz CT molecular complexity index is 1130. The van der Waals surface area contributed by atoms with Gasteiger partial charge in [-0.05, 0) is 58.4 Å². The number of fused-ring (bicyclic) bond motifs is 1. The quantitative estimate of drug-likeness (QED) is 0.224. The van der Waals surface area contributed by atoms with Crippen molar-refractivity contribution in [3.8, 4) is 11.3 Å². The number of aromatic nitrogens is 2. The summed E-state index contributed by atoms with van der Waals surface area (Å²) >= 11 is 10.4. The van der Waals surface area contributed by atoms with Crippen LogP contribution in [-0.4, -0.2) is 10.4 Å². The standard InChI is InChI=1S/C21H14Br3N2O/c22-16-5-1-14(2-6-16)19-12-25-11-18(24)9-10-21(25)26(19)13-20(27)15-3-7-17(23)8-4-15/h1-12H,13H2/q+1. The third-order valence-electron chi connectivity index (χ3n) is 4.36. The number of ketones is 1. The first-order valence-corrected chi connectivity index (χ1v) is 10.6. The number of rotatable bonds is 4. The van der Waals surface area contributed by atoms with Crippen LogP contribution in [0.2, 0.25) is 0 Å². The van der Waals surface area contributed by atoms with E-state index in [0.29, 0.717) is 5.56 Å². The summed E-state index contributed by atoms with van der Waals surface area (Å²) in [5.74, 6) is 0.0712. The molecule has 134 valence electrons. The molecule has 0 amide bonds. The molecule has 0 saturated carbocycles. The Balaban J connectivity index is 1.82. The van der Waals surface area contributed by atoms with E-state index in [-0.39, 0.29) is 12.3 Å². The van der Waals surface area contributed by atoms with Gasteiger partial charge >= 0.3 is 0 Å². The zero-order valence-corrected chi connectivity index (χ0v) is 18.8. The van der Waals surface area contributed by atoms with Crippen LogP contribution in [0, 0.1) is 0 Å². The number of carbonyl (C=O) groups excluding carboxylic acids is 1. The third-order valence-corrected chi connectivity index (χ3v) is 5.88. The van der Waals surface area contributed by atoms with E-state index in [1.165, 1.54) is 0 Å². The second-order valence-corrected chi connectivity index (χ2v) is 8.90. The molecule has 0 saturated heterocycles. The maximum atomic E-state index is 12.9. The highest BCUT2D eigenvalue weighted by Crippen LogP contribution is 2.24. The number of Topliss-reactive ketones (excluding diaryl/α,β-unsaturated/α-hetero) is 1. The molecule has 0 N–H and O–H groups in total.